The molecule has 5 heteroatoms. The highest BCUT2D eigenvalue weighted by molar-refractivity contribution is 9.10. The van der Waals surface area contributed by atoms with E-state index in [0.717, 1.165) is 4.47 Å². The number of rotatable bonds is 3. The van der Waals surface area contributed by atoms with Crippen LogP contribution in [-0.2, 0) is 0 Å². The summed E-state index contributed by atoms with van der Waals surface area (Å²) in [5, 5.41) is 4.59. The van der Waals surface area contributed by atoms with Gasteiger partial charge < -0.3 is 5.32 Å². The Morgan fingerprint density at radius 3 is 2.67 bits per heavy atom. The van der Waals surface area contributed by atoms with Crippen molar-refractivity contribution in [2.24, 2.45) is 0 Å². The van der Waals surface area contributed by atoms with E-state index >= 15 is 0 Å². The standard InChI is InChI=1S/C13H10BrNO2S/c1-8(16)10-5-4-9(14)7-11(10)15-13(17)12-3-2-6-18-12/h2-7H,1H3,(H,15,17). The van der Waals surface area contributed by atoms with Crippen LogP contribution in [0.3, 0.4) is 0 Å². The number of carbonyl (C=O) groups is 2. The van der Waals surface area contributed by atoms with Crippen LogP contribution in [0, 0.1) is 0 Å². The fourth-order valence-corrected chi connectivity index (χ4v) is 2.50. The second kappa shape index (κ2) is 5.46. The zero-order chi connectivity index (χ0) is 13.1. The Kier molecular flexibility index (Phi) is 3.93. The number of benzene rings is 1. The van der Waals surface area contributed by atoms with E-state index in [1.165, 1.54) is 18.3 Å². The second-order valence-corrected chi connectivity index (χ2v) is 5.54. The topological polar surface area (TPSA) is 46.2 Å². The molecular formula is C13H10BrNO2S. The highest BCUT2D eigenvalue weighted by Gasteiger charge is 2.12. The predicted octanol–water partition coefficient (Wildman–Crippen LogP) is 3.97. The minimum Gasteiger partial charge on any atom is -0.321 e. The molecule has 0 unspecified atom stereocenters. The molecule has 0 aliphatic heterocycles. The van der Waals surface area contributed by atoms with E-state index in [2.05, 4.69) is 21.2 Å². The number of anilines is 1. The van der Waals surface area contributed by atoms with Crippen molar-refractivity contribution in [3.63, 3.8) is 0 Å². The average molecular weight is 324 g/mol. The van der Waals surface area contributed by atoms with Crippen LogP contribution in [0.25, 0.3) is 0 Å². The molecule has 1 aromatic heterocycles. The van der Waals surface area contributed by atoms with Crippen molar-refractivity contribution in [1.29, 1.82) is 0 Å². The lowest BCUT2D eigenvalue weighted by Gasteiger charge is -2.08. The predicted molar refractivity (Wildman–Crippen MR) is 76.4 cm³/mol. The number of halogens is 1. The molecule has 0 bridgehead atoms. The minimum absolute atomic E-state index is 0.0796. The molecule has 0 aliphatic rings. The molecule has 0 spiro atoms. The molecule has 1 amide bonds. The van der Waals surface area contributed by atoms with E-state index < -0.39 is 0 Å². The van der Waals surface area contributed by atoms with Gasteiger partial charge in [0.15, 0.2) is 5.78 Å². The molecule has 18 heavy (non-hydrogen) atoms. The molecule has 2 rings (SSSR count). The fraction of sp³-hybridized carbons (Fsp3) is 0.0769. The van der Waals surface area contributed by atoms with Gasteiger partial charge in [-0.1, -0.05) is 22.0 Å². The maximum atomic E-state index is 11.9. The summed E-state index contributed by atoms with van der Waals surface area (Å²) < 4.78 is 0.814. The molecular weight excluding hydrogens is 314 g/mol. The Bertz CT molecular complexity index is 593. The highest BCUT2D eigenvalue weighted by Crippen LogP contribution is 2.23. The molecule has 0 atom stereocenters. The lowest BCUT2D eigenvalue weighted by molar-refractivity contribution is 0.101. The Labute approximate surface area is 117 Å². The number of nitrogens with one attached hydrogen (secondary N) is 1. The zero-order valence-corrected chi connectivity index (χ0v) is 12.0. The van der Waals surface area contributed by atoms with E-state index in [0.29, 0.717) is 16.1 Å². The van der Waals surface area contributed by atoms with Gasteiger partial charge in [-0.15, -0.1) is 11.3 Å². The fourth-order valence-electron chi connectivity index (χ4n) is 1.52. The van der Waals surface area contributed by atoms with Crippen molar-refractivity contribution in [2.75, 3.05) is 5.32 Å². The summed E-state index contributed by atoms with van der Waals surface area (Å²) in [7, 11) is 0. The third kappa shape index (κ3) is 2.86. The smallest absolute Gasteiger partial charge is 0.265 e. The Balaban J connectivity index is 2.31. The monoisotopic (exact) mass is 323 g/mol. The Hall–Kier alpha value is -1.46. The van der Waals surface area contributed by atoms with E-state index in [1.54, 1.807) is 24.3 Å². The van der Waals surface area contributed by atoms with Crippen molar-refractivity contribution >= 4 is 44.6 Å². The summed E-state index contributed by atoms with van der Waals surface area (Å²) in [5.41, 5.74) is 1.03. The number of hydrogen-bond acceptors (Lipinski definition) is 3. The van der Waals surface area contributed by atoms with E-state index in [1.807, 2.05) is 11.4 Å². The van der Waals surface area contributed by atoms with Crippen molar-refractivity contribution < 1.29 is 9.59 Å². The molecule has 0 saturated heterocycles. The van der Waals surface area contributed by atoms with Gasteiger partial charge in [-0.3, -0.25) is 9.59 Å². The van der Waals surface area contributed by atoms with Crippen LogP contribution in [0.2, 0.25) is 0 Å². The first kappa shape index (κ1) is 13.0. The van der Waals surface area contributed by atoms with E-state index in [-0.39, 0.29) is 11.7 Å². The van der Waals surface area contributed by atoms with Crippen LogP contribution in [0.4, 0.5) is 5.69 Å². The maximum absolute atomic E-state index is 11.9. The number of thiophene rings is 1. The summed E-state index contributed by atoms with van der Waals surface area (Å²) >= 11 is 4.68. The average Bonchev–Trinajstić information content (AvgIpc) is 2.81. The lowest BCUT2D eigenvalue weighted by Crippen LogP contribution is -2.13. The first-order valence-electron chi connectivity index (χ1n) is 5.23. The molecule has 1 aromatic carbocycles. The van der Waals surface area contributed by atoms with Crippen molar-refractivity contribution in [3.8, 4) is 0 Å². The summed E-state index contributed by atoms with van der Waals surface area (Å²) in [6.07, 6.45) is 0. The summed E-state index contributed by atoms with van der Waals surface area (Å²) in [6.45, 7) is 1.48. The largest absolute Gasteiger partial charge is 0.321 e. The first-order valence-corrected chi connectivity index (χ1v) is 6.90. The quantitative estimate of drug-likeness (QED) is 0.869. The number of carbonyl (C=O) groups excluding carboxylic acids is 2. The van der Waals surface area contributed by atoms with Gasteiger partial charge in [-0.05, 0) is 36.6 Å². The van der Waals surface area contributed by atoms with Gasteiger partial charge in [0.2, 0.25) is 0 Å². The SMILES string of the molecule is CC(=O)c1ccc(Br)cc1NC(=O)c1cccs1. The van der Waals surface area contributed by atoms with E-state index in [9.17, 15) is 9.59 Å². The van der Waals surface area contributed by atoms with Gasteiger partial charge in [0, 0.05) is 10.0 Å². The zero-order valence-electron chi connectivity index (χ0n) is 9.57. The molecule has 1 heterocycles. The third-order valence-corrected chi connectivity index (χ3v) is 3.72. The molecule has 1 N–H and O–H groups in total. The third-order valence-electron chi connectivity index (χ3n) is 2.35. The van der Waals surface area contributed by atoms with Gasteiger partial charge in [-0.2, -0.15) is 0 Å². The number of hydrogen-bond donors (Lipinski definition) is 1. The molecule has 3 nitrogen and oxygen atoms in total. The molecule has 0 saturated carbocycles. The Morgan fingerprint density at radius 1 is 1.28 bits per heavy atom. The number of Topliss-reactive ketones (excluding diaryl/α,β-unsaturated/α-hetero) is 1. The molecule has 0 radical (unpaired) electrons. The van der Waals surface area contributed by atoms with Gasteiger partial charge in [0.25, 0.3) is 5.91 Å². The number of ketones is 1. The summed E-state index contributed by atoms with van der Waals surface area (Å²) in [5.74, 6) is -0.283. The van der Waals surface area contributed by atoms with Crippen LogP contribution < -0.4 is 5.32 Å². The molecule has 0 fully saturated rings. The summed E-state index contributed by atoms with van der Waals surface area (Å²) in [6, 6.07) is 8.74. The normalized spacial score (nSPS) is 10.1. The van der Waals surface area contributed by atoms with Gasteiger partial charge in [0.1, 0.15) is 0 Å². The molecule has 0 aliphatic carbocycles. The number of amides is 1. The van der Waals surface area contributed by atoms with Crippen molar-refractivity contribution in [3.05, 3.63) is 50.6 Å². The van der Waals surface area contributed by atoms with Gasteiger partial charge in [0.05, 0.1) is 10.6 Å². The molecule has 2 aromatic rings. The van der Waals surface area contributed by atoms with Crippen molar-refractivity contribution in [2.45, 2.75) is 6.92 Å². The second-order valence-electron chi connectivity index (χ2n) is 3.68. The highest BCUT2D eigenvalue weighted by atomic mass is 79.9. The van der Waals surface area contributed by atoms with Crippen LogP contribution in [-0.4, -0.2) is 11.7 Å². The molecule has 92 valence electrons. The van der Waals surface area contributed by atoms with Crippen LogP contribution in [0.15, 0.2) is 40.2 Å². The van der Waals surface area contributed by atoms with Crippen molar-refractivity contribution in [1.82, 2.24) is 0 Å². The lowest BCUT2D eigenvalue weighted by atomic mass is 10.1. The van der Waals surface area contributed by atoms with Crippen LogP contribution in [0.5, 0.6) is 0 Å². The van der Waals surface area contributed by atoms with E-state index in [4.69, 9.17) is 0 Å². The summed E-state index contributed by atoms with van der Waals surface area (Å²) in [4.78, 5) is 24.0. The minimum atomic E-state index is -0.203. The van der Waals surface area contributed by atoms with Crippen LogP contribution >= 0.6 is 27.3 Å². The van der Waals surface area contributed by atoms with Gasteiger partial charge in [-0.25, -0.2) is 0 Å². The Morgan fingerprint density at radius 2 is 2.06 bits per heavy atom. The first-order chi connectivity index (χ1) is 8.58. The van der Waals surface area contributed by atoms with Crippen LogP contribution in [0.1, 0.15) is 27.0 Å². The van der Waals surface area contributed by atoms with Gasteiger partial charge >= 0.3 is 0 Å². The maximum Gasteiger partial charge on any atom is 0.265 e.